The van der Waals surface area contributed by atoms with Crippen LogP contribution in [0.2, 0.25) is 0 Å². The van der Waals surface area contributed by atoms with Gasteiger partial charge in [-0.2, -0.15) is 0 Å². The number of likely N-dealkylation sites (tertiary alicyclic amines) is 1. The smallest absolute Gasteiger partial charge is 0.0323 e. The molecule has 2 fully saturated rings. The van der Waals surface area contributed by atoms with E-state index in [1.54, 1.807) is 11.1 Å². The second-order valence-corrected chi connectivity index (χ2v) is 5.86. The number of piperidine rings is 1. The van der Waals surface area contributed by atoms with Crippen molar-refractivity contribution in [1.82, 2.24) is 10.2 Å². The van der Waals surface area contributed by atoms with Crippen molar-refractivity contribution in [2.45, 2.75) is 37.6 Å². The number of rotatable bonds is 2. The maximum absolute atomic E-state index is 3.65. The van der Waals surface area contributed by atoms with E-state index < -0.39 is 0 Å². The quantitative estimate of drug-likeness (QED) is 0.860. The average Bonchev–Trinajstić information content (AvgIpc) is 2.93. The van der Waals surface area contributed by atoms with Gasteiger partial charge in [-0.1, -0.05) is 24.3 Å². The fraction of sp³-hybridized carbons (Fsp3) is 0.625. The first-order chi connectivity index (χ1) is 8.84. The number of hydrogen-bond acceptors (Lipinski definition) is 2. The van der Waals surface area contributed by atoms with E-state index in [1.807, 2.05) is 0 Å². The van der Waals surface area contributed by atoms with E-state index in [0.29, 0.717) is 6.04 Å². The first-order valence-electron chi connectivity index (χ1n) is 7.35. The molecule has 0 amide bonds. The predicted molar refractivity (Wildman–Crippen MR) is 75.9 cm³/mol. The molecule has 0 radical (unpaired) electrons. The molecule has 2 heterocycles. The van der Waals surface area contributed by atoms with Crippen molar-refractivity contribution < 1.29 is 0 Å². The summed E-state index contributed by atoms with van der Waals surface area (Å²) in [5.74, 6) is 0.778. The van der Waals surface area contributed by atoms with Gasteiger partial charge in [0, 0.05) is 6.04 Å². The Hall–Kier alpha value is -0.860. The van der Waals surface area contributed by atoms with Crippen LogP contribution in [-0.2, 0) is 0 Å². The molecule has 0 aliphatic carbocycles. The minimum atomic E-state index is 0.612. The highest BCUT2D eigenvalue weighted by atomic mass is 15.1. The SMILES string of the molecule is CN1CCC(c2ccccc2C2CCCN2)CC1. The van der Waals surface area contributed by atoms with Gasteiger partial charge in [0.25, 0.3) is 0 Å². The molecule has 0 spiro atoms. The highest BCUT2D eigenvalue weighted by Gasteiger charge is 2.24. The van der Waals surface area contributed by atoms with Crippen LogP contribution in [0.5, 0.6) is 0 Å². The van der Waals surface area contributed by atoms with Crippen LogP contribution >= 0.6 is 0 Å². The van der Waals surface area contributed by atoms with E-state index in [-0.39, 0.29) is 0 Å². The zero-order chi connectivity index (χ0) is 12.4. The van der Waals surface area contributed by atoms with Crippen LogP contribution in [0.3, 0.4) is 0 Å². The molecular weight excluding hydrogens is 220 g/mol. The van der Waals surface area contributed by atoms with Gasteiger partial charge in [0.05, 0.1) is 0 Å². The minimum Gasteiger partial charge on any atom is -0.310 e. The van der Waals surface area contributed by atoms with Gasteiger partial charge < -0.3 is 10.2 Å². The second kappa shape index (κ2) is 5.41. The summed E-state index contributed by atoms with van der Waals surface area (Å²) in [4.78, 5) is 2.45. The monoisotopic (exact) mass is 244 g/mol. The Labute approximate surface area is 110 Å². The summed E-state index contributed by atoms with van der Waals surface area (Å²) in [7, 11) is 2.24. The third kappa shape index (κ3) is 2.45. The summed E-state index contributed by atoms with van der Waals surface area (Å²) >= 11 is 0. The largest absolute Gasteiger partial charge is 0.310 e. The lowest BCUT2D eigenvalue weighted by atomic mass is 9.84. The molecule has 2 aliphatic heterocycles. The highest BCUT2D eigenvalue weighted by molar-refractivity contribution is 5.34. The Morgan fingerprint density at radius 3 is 2.44 bits per heavy atom. The van der Waals surface area contributed by atoms with Crippen molar-refractivity contribution >= 4 is 0 Å². The Balaban J connectivity index is 1.82. The molecule has 2 aliphatic rings. The van der Waals surface area contributed by atoms with Crippen LogP contribution in [0.4, 0.5) is 0 Å². The highest BCUT2D eigenvalue weighted by Crippen LogP contribution is 2.34. The van der Waals surface area contributed by atoms with Crippen molar-refractivity contribution in [3.8, 4) is 0 Å². The molecule has 1 atom stereocenters. The van der Waals surface area contributed by atoms with Gasteiger partial charge in [-0.15, -0.1) is 0 Å². The summed E-state index contributed by atoms with van der Waals surface area (Å²) in [5, 5.41) is 3.65. The first kappa shape index (κ1) is 12.2. The summed E-state index contributed by atoms with van der Waals surface area (Å²) in [6.45, 7) is 3.68. The van der Waals surface area contributed by atoms with Gasteiger partial charge in [-0.05, 0) is 69.4 Å². The number of benzene rings is 1. The van der Waals surface area contributed by atoms with Gasteiger partial charge in [-0.25, -0.2) is 0 Å². The standard InChI is InChI=1S/C16H24N2/c1-18-11-8-13(9-12-18)14-5-2-3-6-15(14)16-7-4-10-17-16/h2-3,5-6,13,16-17H,4,7-12H2,1H3. The van der Waals surface area contributed by atoms with Gasteiger partial charge in [0.2, 0.25) is 0 Å². The molecule has 3 rings (SSSR count). The molecule has 1 aromatic rings. The molecule has 98 valence electrons. The lowest BCUT2D eigenvalue weighted by Crippen LogP contribution is -2.30. The van der Waals surface area contributed by atoms with Crippen LogP contribution < -0.4 is 5.32 Å². The molecule has 1 N–H and O–H groups in total. The third-order valence-electron chi connectivity index (χ3n) is 4.59. The zero-order valence-electron chi connectivity index (χ0n) is 11.4. The van der Waals surface area contributed by atoms with E-state index in [2.05, 4.69) is 41.5 Å². The molecule has 0 aromatic heterocycles. The number of nitrogens with one attached hydrogen (secondary N) is 1. The van der Waals surface area contributed by atoms with E-state index in [1.165, 1.54) is 45.3 Å². The molecule has 0 saturated carbocycles. The van der Waals surface area contributed by atoms with E-state index in [4.69, 9.17) is 0 Å². The van der Waals surface area contributed by atoms with E-state index >= 15 is 0 Å². The molecule has 1 aromatic carbocycles. The van der Waals surface area contributed by atoms with Crippen molar-refractivity contribution in [2.24, 2.45) is 0 Å². The molecular formula is C16H24N2. The zero-order valence-corrected chi connectivity index (χ0v) is 11.4. The fourth-order valence-electron chi connectivity index (χ4n) is 3.47. The van der Waals surface area contributed by atoms with Gasteiger partial charge >= 0.3 is 0 Å². The first-order valence-corrected chi connectivity index (χ1v) is 7.35. The van der Waals surface area contributed by atoms with Crippen LogP contribution in [-0.4, -0.2) is 31.6 Å². The van der Waals surface area contributed by atoms with Crippen molar-refractivity contribution in [3.05, 3.63) is 35.4 Å². The van der Waals surface area contributed by atoms with E-state index in [9.17, 15) is 0 Å². The maximum Gasteiger partial charge on any atom is 0.0323 e. The second-order valence-electron chi connectivity index (χ2n) is 5.86. The van der Waals surface area contributed by atoms with Crippen LogP contribution in [0.1, 0.15) is 48.8 Å². The summed E-state index contributed by atoms with van der Waals surface area (Å²) in [6, 6.07) is 9.74. The molecule has 1 unspecified atom stereocenters. The molecule has 2 nitrogen and oxygen atoms in total. The Kier molecular flexibility index (Phi) is 3.67. The Morgan fingerprint density at radius 1 is 1.06 bits per heavy atom. The van der Waals surface area contributed by atoms with Gasteiger partial charge in [0.1, 0.15) is 0 Å². The average molecular weight is 244 g/mol. The number of hydrogen-bond donors (Lipinski definition) is 1. The summed E-state index contributed by atoms with van der Waals surface area (Å²) in [6.07, 6.45) is 5.27. The Morgan fingerprint density at radius 2 is 1.78 bits per heavy atom. The van der Waals surface area contributed by atoms with Crippen molar-refractivity contribution in [1.29, 1.82) is 0 Å². The minimum absolute atomic E-state index is 0.612. The maximum atomic E-state index is 3.65. The van der Waals surface area contributed by atoms with Crippen LogP contribution in [0.15, 0.2) is 24.3 Å². The van der Waals surface area contributed by atoms with Crippen molar-refractivity contribution in [2.75, 3.05) is 26.7 Å². The topological polar surface area (TPSA) is 15.3 Å². The third-order valence-corrected chi connectivity index (χ3v) is 4.59. The van der Waals surface area contributed by atoms with E-state index in [0.717, 1.165) is 5.92 Å². The van der Waals surface area contributed by atoms with Crippen LogP contribution in [0, 0.1) is 0 Å². The fourth-order valence-corrected chi connectivity index (χ4v) is 3.47. The lowest BCUT2D eigenvalue weighted by molar-refractivity contribution is 0.254. The summed E-state index contributed by atoms with van der Waals surface area (Å²) in [5.41, 5.74) is 3.19. The lowest BCUT2D eigenvalue weighted by Gasteiger charge is -2.31. The van der Waals surface area contributed by atoms with Gasteiger partial charge in [-0.3, -0.25) is 0 Å². The molecule has 2 saturated heterocycles. The number of nitrogens with zero attached hydrogens (tertiary/aromatic N) is 1. The molecule has 18 heavy (non-hydrogen) atoms. The van der Waals surface area contributed by atoms with Crippen LogP contribution in [0.25, 0.3) is 0 Å². The predicted octanol–water partition coefficient (Wildman–Crippen LogP) is 2.92. The van der Waals surface area contributed by atoms with Crippen molar-refractivity contribution in [3.63, 3.8) is 0 Å². The summed E-state index contributed by atoms with van der Waals surface area (Å²) < 4.78 is 0. The Bertz CT molecular complexity index is 388. The van der Waals surface area contributed by atoms with Gasteiger partial charge in [0.15, 0.2) is 0 Å². The normalized spacial score (nSPS) is 26.6. The molecule has 2 heteroatoms. The molecule has 0 bridgehead atoms.